The lowest BCUT2D eigenvalue weighted by Gasteiger charge is -2.30. The van der Waals surface area contributed by atoms with Crippen LogP contribution in [0, 0.1) is 10.1 Å². The standard InChI is InChI=1S/C18H19BrN4O3S/c1-9(2)22-6-5-11-14(8-22)27-18-15(11)17(24)20-16(21-18)10-3-4-12(19)13(7-10)23(25)26/h3-4,7,9,16,21H,5-6,8H2,1-2H3,(H,20,24)/t16-/m1/s1. The molecule has 0 aliphatic carbocycles. The molecule has 1 aromatic carbocycles. The summed E-state index contributed by atoms with van der Waals surface area (Å²) in [5.41, 5.74) is 2.50. The number of nitro benzene ring substituents is 1. The van der Waals surface area contributed by atoms with Crippen LogP contribution in [0.25, 0.3) is 0 Å². The molecule has 1 aromatic heterocycles. The summed E-state index contributed by atoms with van der Waals surface area (Å²) in [6.07, 6.45) is 0.376. The van der Waals surface area contributed by atoms with Crippen LogP contribution in [0.5, 0.6) is 0 Å². The van der Waals surface area contributed by atoms with Crippen LogP contribution >= 0.6 is 27.3 Å². The highest BCUT2D eigenvalue weighted by atomic mass is 79.9. The van der Waals surface area contributed by atoms with E-state index in [9.17, 15) is 14.9 Å². The van der Waals surface area contributed by atoms with Crippen molar-refractivity contribution >= 4 is 43.9 Å². The molecule has 0 radical (unpaired) electrons. The Morgan fingerprint density at radius 3 is 2.85 bits per heavy atom. The number of nitrogens with one attached hydrogen (secondary N) is 2. The number of carbonyl (C=O) groups excluding carboxylic acids is 1. The van der Waals surface area contributed by atoms with Crippen molar-refractivity contribution in [2.24, 2.45) is 0 Å². The van der Waals surface area contributed by atoms with E-state index in [-0.39, 0.29) is 11.6 Å². The van der Waals surface area contributed by atoms with Crippen LogP contribution in [-0.4, -0.2) is 28.3 Å². The summed E-state index contributed by atoms with van der Waals surface area (Å²) in [5.74, 6) is -0.116. The van der Waals surface area contributed by atoms with Crippen molar-refractivity contribution < 1.29 is 9.72 Å². The fourth-order valence-electron chi connectivity index (χ4n) is 3.59. The molecule has 2 N–H and O–H groups in total. The van der Waals surface area contributed by atoms with Crippen molar-refractivity contribution in [2.45, 2.75) is 39.0 Å². The smallest absolute Gasteiger partial charge is 0.283 e. The van der Waals surface area contributed by atoms with Crippen LogP contribution in [0.15, 0.2) is 22.7 Å². The Bertz CT molecular complexity index is 943. The molecule has 7 nitrogen and oxygen atoms in total. The summed E-state index contributed by atoms with van der Waals surface area (Å²) < 4.78 is 0.416. The Morgan fingerprint density at radius 2 is 2.15 bits per heavy atom. The first-order chi connectivity index (χ1) is 12.8. The Balaban J connectivity index is 1.66. The second-order valence-corrected chi connectivity index (χ2v) is 9.00. The molecule has 27 heavy (non-hydrogen) atoms. The summed E-state index contributed by atoms with van der Waals surface area (Å²) in [4.78, 5) is 27.2. The number of carbonyl (C=O) groups is 1. The minimum Gasteiger partial charge on any atom is -0.353 e. The van der Waals surface area contributed by atoms with E-state index in [0.717, 1.165) is 35.6 Å². The number of rotatable bonds is 3. The van der Waals surface area contributed by atoms with Gasteiger partial charge in [-0.05, 0) is 47.8 Å². The van der Waals surface area contributed by atoms with Crippen molar-refractivity contribution in [1.82, 2.24) is 10.2 Å². The first kappa shape index (κ1) is 18.4. The third kappa shape index (κ3) is 3.24. The van der Waals surface area contributed by atoms with E-state index in [1.807, 2.05) is 0 Å². The minimum absolute atomic E-state index is 0.0209. The van der Waals surface area contributed by atoms with Crippen LogP contribution < -0.4 is 10.6 Å². The molecule has 9 heteroatoms. The van der Waals surface area contributed by atoms with Gasteiger partial charge in [-0.25, -0.2) is 0 Å². The molecule has 2 aliphatic heterocycles. The maximum absolute atomic E-state index is 12.8. The highest BCUT2D eigenvalue weighted by molar-refractivity contribution is 9.10. The van der Waals surface area contributed by atoms with Gasteiger partial charge >= 0.3 is 0 Å². The van der Waals surface area contributed by atoms with Gasteiger partial charge in [0.2, 0.25) is 0 Å². The number of amides is 1. The fraction of sp³-hybridized carbons (Fsp3) is 0.389. The predicted molar refractivity (Wildman–Crippen MR) is 108 cm³/mol. The number of anilines is 1. The molecule has 0 bridgehead atoms. The highest BCUT2D eigenvalue weighted by Gasteiger charge is 2.34. The Kier molecular flexibility index (Phi) is 4.69. The van der Waals surface area contributed by atoms with E-state index < -0.39 is 11.1 Å². The van der Waals surface area contributed by atoms with Gasteiger partial charge in [-0.3, -0.25) is 19.8 Å². The van der Waals surface area contributed by atoms with Crippen molar-refractivity contribution in [3.63, 3.8) is 0 Å². The van der Waals surface area contributed by atoms with E-state index in [0.29, 0.717) is 16.1 Å². The number of nitro groups is 1. The average Bonchev–Trinajstić information content (AvgIpc) is 2.99. The largest absolute Gasteiger partial charge is 0.353 e. The quantitative estimate of drug-likeness (QED) is 0.544. The van der Waals surface area contributed by atoms with Gasteiger partial charge in [0.25, 0.3) is 11.6 Å². The molecule has 1 atom stereocenters. The number of thiophene rings is 1. The lowest BCUT2D eigenvalue weighted by Crippen LogP contribution is -2.39. The topological polar surface area (TPSA) is 87.5 Å². The van der Waals surface area contributed by atoms with Crippen LogP contribution in [0.3, 0.4) is 0 Å². The average molecular weight is 451 g/mol. The third-order valence-corrected chi connectivity index (χ3v) is 6.91. The molecule has 142 valence electrons. The van der Waals surface area contributed by atoms with E-state index in [4.69, 9.17) is 0 Å². The van der Waals surface area contributed by atoms with Crippen LogP contribution in [0.2, 0.25) is 0 Å². The minimum atomic E-state index is -0.488. The normalized spacial score (nSPS) is 19.3. The SMILES string of the molecule is CC(C)N1CCc2c(sc3c2C(=O)N[C@@H](c2ccc(Br)c([N+](=O)[O-])c2)N3)C1. The lowest BCUT2D eigenvalue weighted by molar-refractivity contribution is -0.385. The van der Waals surface area contributed by atoms with Gasteiger partial charge in [0.15, 0.2) is 0 Å². The molecule has 0 spiro atoms. The Morgan fingerprint density at radius 1 is 1.37 bits per heavy atom. The number of fused-ring (bicyclic) bond motifs is 3. The maximum atomic E-state index is 12.8. The molecular weight excluding hydrogens is 432 g/mol. The molecule has 0 saturated carbocycles. The monoisotopic (exact) mass is 450 g/mol. The third-order valence-electron chi connectivity index (χ3n) is 5.09. The van der Waals surface area contributed by atoms with E-state index in [1.165, 1.54) is 10.9 Å². The Labute approximate surface area is 169 Å². The molecule has 0 unspecified atom stereocenters. The van der Waals surface area contributed by atoms with Gasteiger partial charge in [-0.15, -0.1) is 11.3 Å². The molecule has 4 rings (SSSR count). The summed E-state index contributed by atoms with van der Waals surface area (Å²) in [6.45, 7) is 6.16. The van der Waals surface area contributed by atoms with Gasteiger partial charge in [0, 0.05) is 35.6 Å². The molecule has 2 aliphatic rings. The number of benzene rings is 1. The van der Waals surface area contributed by atoms with Crippen molar-refractivity contribution in [2.75, 3.05) is 11.9 Å². The zero-order valence-corrected chi connectivity index (χ0v) is 17.3. The van der Waals surface area contributed by atoms with Gasteiger partial charge < -0.3 is 10.6 Å². The molecule has 1 amide bonds. The van der Waals surface area contributed by atoms with Gasteiger partial charge in [-0.2, -0.15) is 0 Å². The summed E-state index contributed by atoms with van der Waals surface area (Å²) in [7, 11) is 0. The first-order valence-electron chi connectivity index (χ1n) is 8.75. The van der Waals surface area contributed by atoms with E-state index >= 15 is 0 Å². The maximum Gasteiger partial charge on any atom is 0.283 e. The van der Waals surface area contributed by atoms with Crippen molar-refractivity contribution in [1.29, 1.82) is 0 Å². The van der Waals surface area contributed by atoms with E-state index in [1.54, 1.807) is 23.5 Å². The summed E-state index contributed by atoms with van der Waals surface area (Å²) in [5, 5.41) is 18.4. The number of hydrogen-bond acceptors (Lipinski definition) is 6. The number of hydrogen-bond donors (Lipinski definition) is 2. The predicted octanol–water partition coefficient (Wildman–Crippen LogP) is 4.04. The van der Waals surface area contributed by atoms with Crippen molar-refractivity contribution in [3.8, 4) is 0 Å². The fourth-order valence-corrected chi connectivity index (χ4v) is 5.28. The highest BCUT2D eigenvalue weighted by Crippen LogP contribution is 2.41. The van der Waals surface area contributed by atoms with Crippen LogP contribution in [0.4, 0.5) is 10.7 Å². The molecule has 0 fully saturated rings. The van der Waals surface area contributed by atoms with Gasteiger partial charge in [-0.1, -0.05) is 6.07 Å². The summed E-state index contributed by atoms with van der Waals surface area (Å²) >= 11 is 4.81. The van der Waals surface area contributed by atoms with Gasteiger partial charge in [0.05, 0.1) is 15.0 Å². The van der Waals surface area contributed by atoms with E-state index in [2.05, 4.69) is 45.3 Å². The van der Waals surface area contributed by atoms with Gasteiger partial charge in [0.1, 0.15) is 11.2 Å². The molecule has 0 saturated heterocycles. The Hall–Kier alpha value is -1.97. The second kappa shape index (κ2) is 6.88. The first-order valence-corrected chi connectivity index (χ1v) is 10.4. The molecular formula is C18H19BrN4O3S. The van der Waals surface area contributed by atoms with Crippen LogP contribution in [0.1, 0.15) is 46.4 Å². The lowest BCUT2D eigenvalue weighted by atomic mass is 9.99. The zero-order chi connectivity index (χ0) is 19.3. The summed E-state index contributed by atoms with van der Waals surface area (Å²) in [6, 6.07) is 5.36. The number of halogens is 1. The second-order valence-electron chi connectivity index (χ2n) is 7.04. The zero-order valence-electron chi connectivity index (χ0n) is 14.9. The van der Waals surface area contributed by atoms with Crippen molar-refractivity contribution in [3.05, 3.63) is 54.4 Å². The van der Waals surface area contributed by atoms with Crippen LogP contribution in [-0.2, 0) is 13.0 Å². The molecule has 3 heterocycles. The molecule has 2 aromatic rings. The number of nitrogens with zero attached hydrogens (tertiary/aromatic N) is 2.